The summed E-state index contributed by atoms with van der Waals surface area (Å²) in [5, 5.41) is 12.5. The first kappa shape index (κ1) is 17.7. The molecule has 0 unspecified atom stereocenters. The van der Waals surface area contributed by atoms with Crippen LogP contribution in [0.3, 0.4) is 0 Å². The van der Waals surface area contributed by atoms with E-state index in [0.29, 0.717) is 6.42 Å². The number of likely N-dealkylation sites (tertiary alicyclic amines) is 1. The second-order valence-corrected chi connectivity index (χ2v) is 7.17. The van der Waals surface area contributed by atoms with E-state index in [9.17, 15) is 9.90 Å². The summed E-state index contributed by atoms with van der Waals surface area (Å²) in [5.41, 5.74) is 0. The van der Waals surface area contributed by atoms with Gasteiger partial charge in [-0.15, -0.1) is 0 Å². The molecule has 0 spiro atoms. The molecule has 22 heavy (non-hydrogen) atoms. The van der Waals surface area contributed by atoms with Gasteiger partial charge in [0, 0.05) is 26.1 Å². The number of hydrogen-bond donors (Lipinski definition) is 2. The molecule has 1 heterocycles. The van der Waals surface area contributed by atoms with Crippen molar-refractivity contribution in [3.8, 4) is 0 Å². The van der Waals surface area contributed by atoms with Crippen molar-refractivity contribution >= 4 is 5.91 Å². The Morgan fingerprint density at radius 1 is 1.05 bits per heavy atom. The highest BCUT2D eigenvalue weighted by Crippen LogP contribution is 2.27. The Morgan fingerprint density at radius 2 is 1.77 bits per heavy atom. The number of hydrogen-bond acceptors (Lipinski definition) is 3. The Kier molecular flexibility index (Phi) is 8.24. The van der Waals surface area contributed by atoms with Gasteiger partial charge in [0.1, 0.15) is 0 Å². The van der Waals surface area contributed by atoms with E-state index in [1.807, 2.05) is 0 Å². The molecule has 0 bridgehead atoms. The lowest BCUT2D eigenvalue weighted by Crippen LogP contribution is -2.37. The maximum Gasteiger partial charge on any atom is 0.219 e. The summed E-state index contributed by atoms with van der Waals surface area (Å²) >= 11 is 0. The van der Waals surface area contributed by atoms with Crippen molar-refractivity contribution in [3.05, 3.63) is 0 Å². The van der Waals surface area contributed by atoms with E-state index in [0.717, 1.165) is 57.8 Å². The van der Waals surface area contributed by atoms with Gasteiger partial charge in [0.25, 0.3) is 0 Å². The molecule has 4 nitrogen and oxygen atoms in total. The number of aliphatic hydroxyl groups is 1. The first-order chi connectivity index (χ1) is 10.7. The zero-order chi connectivity index (χ0) is 15.6. The third kappa shape index (κ3) is 7.10. The Morgan fingerprint density at radius 3 is 2.50 bits per heavy atom. The summed E-state index contributed by atoms with van der Waals surface area (Å²) in [5.74, 6) is 1.11. The summed E-state index contributed by atoms with van der Waals surface area (Å²) in [6.45, 7) is 3.82. The third-order valence-electron chi connectivity index (χ3n) is 5.27. The molecule has 0 aromatic carbocycles. The first-order valence-electron chi connectivity index (χ1n) is 9.41. The fourth-order valence-electron chi connectivity index (χ4n) is 3.79. The van der Waals surface area contributed by atoms with Gasteiger partial charge >= 0.3 is 0 Å². The van der Waals surface area contributed by atoms with Gasteiger partial charge in [-0.05, 0) is 44.6 Å². The molecule has 1 amide bonds. The molecule has 1 aliphatic heterocycles. The Balaban J connectivity index is 1.42. The Labute approximate surface area is 135 Å². The second-order valence-electron chi connectivity index (χ2n) is 7.17. The van der Waals surface area contributed by atoms with E-state index in [2.05, 4.69) is 10.2 Å². The maximum atomic E-state index is 11.8. The van der Waals surface area contributed by atoms with Crippen molar-refractivity contribution in [1.29, 1.82) is 0 Å². The predicted molar refractivity (Wildman–Crippen MR) is 89.7 cm³/mol. The van der Waals surface area contributed by atoms with E-state index >= 15 is 0 Å². The van der Waals surface area contributed by atoms with Gasteiger partial charge in [-0.3, -0.25) is 4.79 Å². The molecule has 2 rings (SSSR count). The predicted octanol–water partition coefficient (Wildman–Crippen LogP) is 2.70. The van der Waals surface area contributed by atoms with Crippen LogP contribution in [-0.2, 0) is 4.79 Å². The summed E-state index contributed by atoms with van der Waals surface area (Å²) in [6, 6.07) is 0. The van der Waals surface area contributed by atoms with Crippen molar-refractivity contribution < 1.29 is 9.90 Å². The number of nitrogens with zero attached hydrogens (tertiary/aromatic N) is 1. The molecule has 1 saturated carbocycles. The van der Waals surface area contributed by atoms with Crippen LogP contribution in [0.2, 0.25) is 0 Å². The number of carbonyl (C=O) groups is 1. The van der Waals surface area contributed by atoms with Crippen LogP contribution in [0.1, 0.15) is 70.6 Å². The molecule has 0 aromatic rings. The summed E-state index contributed by atoms with van der Waals surface area (Å²) in [7, 11) is 0. The average Bonchev–Trinajstić information content (AvgIpc) is 2.54. The highest BCUT2D eigenvalue weighted by atomic mass is 16.3. The minimum atomic E-state index is -0.0971. The lowest BCUT2D eigenvalue weighted by atomic mass is 9.86. The van der Waals surface area contributed by atoms with Crippen LogP contribution >= 0.6 is 0 Å². The zero-order valence-electron chi connectivity index (χ0n) is 14.1. The van der Waals surface area contributed by atoms with Gasteiger partial charge in [-0.2, -0.15) is 0 Å². The van der Waals surface area contributed by atoms with Gasteiger partial charge < -0.3 is 15.3 Å². The lowest BCUT2D eigenvalue weighted by Gasteiger charge is -2.29. The van der Waals surface area contributed by atoms with Gasteiger partial charge in [0.15, 0.2) is 0 Å². The maximum absolute atomic E-state index is 11.8. The van der Waals surface area contributed by atoms with E-state index in [-0.39, 0.29) is 12.0 Å². The molecular formula is C18H34N2O2. The van der Waals surface area contributed by atoms with Crippen molar-refractivity contribution in [3.63, 3.8) is 0 Å². The molecular weight excluding hydrogens is 276 g/mol. The van der Waals surface area contributed by atoms with Crippen LogP contribution in [0.5, 0.6) is 0 Å². The average molecular weight is 310 g/mol. The molecule has 0 atom stereocenters. The van der Waals surface area contributed by atoms with E-state index in [1.165, 1.54) is 38.5 Å². The minimum Gasteiger partial charge on any atom is -0.393 e. The number of nitrogens with one attached hydrogen (secondary N) is 1. The molecule has 0 radical (unpaired) electrons. The van der Waals surface area contributed by atoms with E-state index in [1.54, 1.807) is 0 Å². The standard InChI is InChI=1S/C18H34N2O2/c21-17-10-14-20(15-11-17)13-5-12-19-18(22)9-4-8-16-6-2-1-3-7-16/h16-17,21H,1-15H2,(H,19,22). The van der Waals surface area contributed by atoms with Crippen LogP contribution in [0.15, 0.2) is 0 Å². The van der Waals surface area contributed by atoms with Crippen LogP contribution in [0, 0.1) is 5.92 Å². The first-order valence-corrected chi connectivity index (χ1v) is 9.41. The highest BCUT2D eigenvalue weighted by molar-refractivity contribution is 5.75. The lowest BCUT2D eigenvalue weighted by molar-refractivity contribution is -0.121. The van der Waals surface area contributed by atoms with Gasteiger partial charge in [-0.1, -0.05) is 32.1 Å². The number of carbonyl (C=O) groups excluding carboxylic acids is 1. The number of aliphatic hydroxyl groups excluding tert-OH is 1. The number of amides is 1. The Hall–Kier alpha value is -0.610. The van der Waals surface area contributed by atoms with E-state index in [4.69, 9.17) is 0 Å². The van der Waals surface area contributed by atoms with Crippen molar-refractivity contribution in [2.75, 3.05) is 26.2 Å². The molecule has 2 N–H and O–H groups in total. The molecule has 128 valence electrons. The molecule has 2 fully saturated rings. The smallest absolute Gasteiger partial charge is 0.219 e. The van der Waals surface area contributed by atoms with Crippen LogP contribution < -0.4 is 5.32 Å². The minimum absolute atomic E-state index is 0.0971. The summed E-state index contributed by atoms with van der Waals surface area (Å²) in [6.07, 6.45) is 12.7. The van der Waals surface area contributed by atoms with Gasteiger partial charge in [-0.25, -0.2) is 0 Å². The highest BCUT2D eigenvalue weighted by Gasteiger charge is 2.16. The quantitative estimate of drug-likeness (QED) is 0.678. The summed E-state index contributed by atoms with van der Waals surface area (Å²) < 4.78 is 0. The number of piperidine rings is 1. The topological polar surface area (TPSA) is 52.6 Å². The fourth-order valence-corrected chi connectivity index (χ4v) is 3.79. The molecule has 4 heteroatoms. The normalized spacial score (nSPS) is 21.9. The second kappa shape index (κ2) is 10.2. The van der Waals surface area contributed by atoms with Crippen molar-refractivity contribution in [1.82, 2.24) is 10.2 Å². The summed E-state index contributed by atoms with van der Waals surface area (Å²) in [4.78, 5) is 14.2. The molecule has 1 saturated heterocycles. The molecule has 1 aliphatic carbocycles. The molecule has 0 aromatic heterocycles. The molecule has 2 aliphatic rings. The van der Waals surface area contributed by atoms with Crippen LogP contribution in [0.4, 0.5) is 0 Å². The largest absolute Gasteiger partial charge is 0.393 e. The third-order valence-corrected chi connectivity index (χ3v) is 5.27. The van der Waals surface area contributed by atoms with Gasteiger partial charge in [0.2, 0.25) is 5.91 Å². The van der Waals surface area contributed by atoms with Crippen LogP contribution in [-0.4, -0.2) is 48.2 Å². The number of rotatable bonds is 8. The van der Waals surface area contributed by atoms with Gasteiger partial charge in [0.05, 0.1) is 6.10 Å². The Bertz CT molecular complexity index is 308. The fraction of sp³-hybridized carbons (Fsp3) is 0.944. The van der Waals surface area contributed by atoms with Crippen molar-refractivity contribution in [2.24, 2.45) is 5.92 Å². The monoisotopic (exact) mass is 310 g/mol. The van der Waals surface area contributed by atoms with Crippen LogP contribution in [0.25, 0.3) is 0 Å². The van der Waals surface area contributed by atoms with Crippen molar-refractivity contribution in [2.45, 2.75) is 76.7 Å². The zero-order valence-corrected chi connectivity index (χ0v) is 14.1. The SMILES string of the molecule is O=C(CCCC1CCCCC1)NCCCN1CCC(O)CC1. The van der Waals surface area contributed by atoms with E-state index < -0.39 is 0 Å².